The van der Waals surface area contributed by atoms with Crippen LogP contribution in [0.25, 0.3) is 16.6 Å². The average molecular weight is 398 g/mol. The van der Waals surface area contributed by atoms with Gasteiger partial charge in [0, 0.05) is 16.6 Å². The molecule has 0 radical (unpaired) electrons. The quantitative estimate of drug-likeness (QED) is 0.609. The van der Waals surface area contributed by atoms with Gasteiger partial charge in [-0.1, -0.05) is 36.1 Å². The predicted molar refractivity (Wildman–Crippen MR) is 102 cm³/mol. The lowest BCUT2D eigenvalue weighted by molar-refractivity contribution is -0.115. The van der Waals surface area contributed by atoms with Crippen LogP contribution in [-0.4, -0.2) is 29.9 Å². The van der Waals surface area contributed by atoms with E-state index >= 15 is 0 Å². The molecule has 1 aliphatic rings. The number of aromatic nitrogens is 1. The van der Waals surface area contributed by atoms with Gasteiger partial charge in [-0.2, -0.15) is 0 Å². The van der Waals surface area contributed by atoms with Crippen molar-refractivity contribution in [2.75, 3.05) is 11.0 Å². The van der Waals surface area contributed by atoms with E-state index in [9.17, 15) is 13.2 Å². The number of thiazole rings is 1. The van der Waals surface area contributed by atoms with E-state index < -0.39 is 10.0 Å². The lowest BCUT2D eigenvalue weighted by atomic mass is 10.2. The molecule has 0 atom stereocenters. The Kier molecular flexibility index (Phi) is 4.72. The van der Waals surface area contributed by atoms with Gasteiger partial charge in [-0.05, 0) is 18.2 Å². The lowest BCUT2D eigenvalue weighted by Crippen LogP contribution is -2.17. The van der Waals surface area contributed by atoms with Crippen LogP contribution in [0.1, 0.15) is 5.69 Å². The van der Waals surface area contributed by atoms with Gasteiger partial charge < -0.3 is 5.32 Å². The predicted octanol–water partition coefficient (Wildman–Crippen LogP) is 2.67. The minimum Gasteiger partial charge on any atom is -0.307 e. The van der Waals surface area contributed by atoms with Crippen LogP contribution in [0.5, 0.6) is 0 Å². The summed E-state index contributed by atoms with van der Waals surface area (Å²) >= 11 is 7.56. The van der Waals surface area contributed by atoms with Crippen LogP contribution in [0.3, 0.4) is 0 Å². The Morgan fingerprint density at radius 2 is 2.17 bits per heavy atom. The summed E-state index contributed by atoms with van der Waals surface area (Å²) in [5.74, 6) is -0.223. The maximum absolute atomic E-state index is 11.7. The number of sulfonamides is 1. The third-order valence-electron chi connectivity index (χ3n) is 2.86. The van der Waals surface area contributed by atoms with Crippen LogP contribution in [0.15, 0.2) is 34.6 Å². The van der Waals surface area contributed by atoms with Crippen molar-refractivity contribution in [3.63, 3.8) is 0 Å². The highest BCUT2D eigenvalue weighted by Gasteiger charge is 2.22. The van der Waals surface area contributed by atoms with Crippen molar-refractivity contribution in [3.05, 3.63) is 40.2 Å². The molecule has 0 unspecified atom stereocenters. The largest absolute Gasteiger partial charge is 0.307 e. The average Bonchev–Trinajstić information content (AvgIpc) is 3.05. The van der Waals surface area contributed by atoms with Gasteiger partial charge in [0.15, 0.2) is 0 Å². The first-order valence-electron chi connectivity index (χ1n) is 6.59. The molecule has 1 aromatic heterocycles. The summed E-state index contributed by atoms with van der Waals surface area (Å²) in [5, 5.41) is 5.11. The summed E-state index contributed by atoms with van der Waals surface area (Å²) in [7, 11) is -3.33. The molecule has 1 aliphatic heterocycles. The molecule has 0 bridgehead atoms. The zero-order chi connectivity index (χ0) is 17.3. The molecule has 2 aromatic rings. The Morgan fingerprint density at radius 1 is 1.38 bits per heavy atom. The number of nitrogens with one attached hydrogen (secondary N) is 2. The van der Waals surface area contributed by atoms with Gasteiger partial charge >= 0.3 is 0 Å². The fourth-order valence-electron chi connectivity index (χ4n) is 1.97. The number of hydrogen-bond donors (Lipinski definition) is 2. The Hall–Kier alpha value is -1.75. The molecule has 0 aliphatic carbocycles. The van der Waals surface area contributed by atoms with Crippen molar-refractivity contribution in [3.8, 4) is 10.6 Å². The molecule has 3 rings (SSSR count). The second-order valence-corrected chi connectivity index (χ2v) is 9.21. The Bertz CT molecular complexity index is 963. The van der Waals surface area contributed by atoms with Gasteiger partial charge in [0.2, 0.25) is 10.0 Å². The molecule has 1 amide bonds. The molecule has 1 aromatic carbocycles. The lowest BCUT2D eigenvalue weighted by Gasteiger charge is -2.04. The molecular formula is C14H11N3O3S4. The van der Waals surface area contributed by atoms with Crippen LogP contribution in [0.2, 0.25) is 0 Å². The van der Waals surface area contributed by atoms with Gasteiger partial charge in [0.05, 0.1) is 16.9 Å². The molecule has 2 N–H and O–H groups in total. The number of amides is 1. The number of carbonyl (C=O) groups is 1. The van der Waals surface area contributed by atoms with E-state index in [2.05, 4.69) is 15.0 Å². The molecule has 24 heavy (non-hydrogen) atoms. The smallest absolute Gasteiger partial charge is 0.263 e. The maximum atomic E-state index is 11.7. The Balaban J connectivity index is 1.86. The molecule has 0 saturated carbocycles. The first-order chi connectivity index (χ1) is 11.3. The molecular weight excluding hydrogens is 386 g/mol. The van der Waals surface area contributed by atoms with Crippen LogP contribution in [-0.2, 0) is 14.8 Å². The highest BCUT2D eigenvalue weighted by atomic mass is 32.2. The van der Waals surface area contributed by atoms with E-state index in [1.165, 1.54) is 23.1 Å². The summed E-state index contributed by atoms with van der Waals surface area (Å²) in [6.45, 7) is 0. The summed E-state index contributed by atoms with van der Waals surface area (Å²) in [6, 6.07) is 6.97. The molecule has 124 valence electrons. The third kappa shape index (κ3) is 4.20. The summed E-state index contributed by atoms with van der Waals surface area (Å²) < 4.78 is 25.5. The molecule has 10 heteroatoms. The number of rotatable bonds is 4. The minimum absolute atomic E-state index is 0.223. The SMILES string of the molecule is CS(=O)(=O)Nc1cccc(-c2nc(/C=C3\SC(=S)NC3=O)cs2)c1. The van der Waals surface area contributed by atoms with Crippen molar-refractivity contribution in [2.45, 2.75) is 0 Å². The topological polar surface area (TPSA) is 88.2 Å². The van der Waals surface area contributed by atoms with Gasteiger partial charge in [0.25, 0.3) is 5.91 Å². The summed E-state index contributed by atoms with van der Waals surface area (Å²) in [5.41, 5.74) is 1.91. The number of benzene rings is 1. The summed E-state index contributed by atoms with van der Waals surface area (Å²) in [4.78, 5) is 16.6. The molecule has 2 heterocycles. The van der Waals surface area contributed by atoms with Crippen LogP contribution in [0.4, 0.5) is 5.69 Å². The van der Waals surface area contributed by atoms with Crippen LogP contribution < -0.4 is 10.0 Å². The van der Waals surface area contributed by atoms with Gasteiger partial charge in [-0.25, -0.2) is 13.4 Å². The normalized spacial score (nSPS) is 16.5. The van der Waals surface area contributed by atoms with Crippen molar-refractivity contribution < 1.29 is 13.2 Å². The fraction of sp³-hybridized carbons (Fsp3) is 0.0714. The molecule has 1 saturated heterocycles. The Morgan fingerprint density at radius 3 is 2.83 bits per heavy atom. The van der Waals surface area contributed by atoms with Gasteiger partial charge in [-0.15, -0.1) is 11.3 Å². The molecule has 1 fully saturated rings. The molecule has 6 nitrogen and oxygen atoms in total. The Labute approximate surface area is 152 Å². The van der Waals surface area contributed by atoms with E-state index in [1.807, 2.05) is 11.4 Å². The zero-order valence-electron chi connectivity index (χ0n) is 12.3. The summed E-state index contributed by atoms with van der Waals surface area (Å²) in [6.07, 6.45) is 2.78. The fourth-order valence-corrected chi connectivity index (χ4v) is 4.33. The first-order valence-corrected chi connectivity index (χ1v) is 10.6. The second kappa shape index (κ2) is 6.63. The monoisotopic (exact) mass is 397 g/mol. The van der Waals surface area contributed by atoms with Crippen molar-refractivity contribution in [2.24, 2.45) is 0 Å². The third-order valence-corrected chi connectivity index (χ3v) is 5.53. The number of nitrogens with zero attached hydrogens (tertiary/aromatic N) is 1. The van der Waals surface area contributed by atoms with Crippen LogP contribution >= 0.6 is 35.3 Å². The van der Waals surface area contributed by atoms with Crippen molar-refractivity contribution in [1.29, 1.82) is 0 Å². The van der Waals surface area contributed by atoms with Crippen molar-refractivity contribution >= 4 is 67.3 Å². The minimum atomic E-state index is -3.33. The standard InChI is InChI=1S/C14H11N3O3S4/c1-24(19,20)17-9-4-2-3-8(5-9)13-15-10(7-22-13)6-11-12(18)16-14(21)23-11/h2-7,17H,1H3,(H,16,18,21)/b11-6-. The number of hydrogen-bond acceptors (Lipinski definition) is 7. The number of carbonyl (C=O) groups excluding carboxylic acids is 1. The van der Waals surface area contributed by atoms with E-state index in [0.29, 0.717) is 20.6 Å². The number of thiocarbonyl (C=S) groups is 1. The first kappa shape index (κ1) is 17.1. The highest BCUT2D eigenvalue weighted by Crippen LogP contribution is 2.30. The van der Waals surface area contributed by atoms with E-state index in [1.54, 1.807) is 24.3 Å². The molecule has 0 spiro atoms. The van der Waals surface area contributed by atoms with E-state index in [4.69, 9.17) is 12.2 Å². The zero-order valence-corrected chi connectivity index (χ0v) is 15.5. The van der Waals surface area contributed by atoms with Crippen molar-refractivity contribution in [1.82, 2.24) is 10.3 Å². The number of anilines is 1. The van der Waals surface area contributed by atoms with Gasteiger partial charge in [-0.3, -0.25) is 9.52 Å². The highest BCUT2D eigenvalue weighted by molar-refractivity contribution is 8.26. The number of thioether (sulfide) groups is 1. The van der Waals surface area contributed by atoms with E-state index in [-0.39, 0.29) is 5.91 Å². The van der Waals surface area contributed by atoms with Gasteiger partial charge in [0.1, 0.15) is 9.33 Å². The van der Waals surface area contributed by atoms with Crippen LogP contribution in [0, 0.1) is 0 Å². The maximum Gasteiger partial charge on any atom is 0.263 e. The second-order valence-electron chi connectivity index (χ2n) is 4.88. The van der Waals surface area contributed by atoms with E-state index in [0.717, 1.165) is 16.8 Å².